The molecule has 0 aliphatic carbocycles. The number of nitrogens with one attached hydrogen (secondary N) is 1. The molecule has 3 aliphatic heterocycles. The molecule has 0 radical (unpaired) electrons. The van der Waals surface area contributed by atoms with Gasteiger partial charge in [-0.05, 0) is 32.1 Å². The zero-order chi connectivity index (χ0) is 16.2. The third kappa shape index (κ3) is 4.14. The molecule has 0 aromatic carbocycles. The van der Waals surface area contributed by atoms with E-state index in [0.29, 0.717) is 6.61 Å². The number of likely N-dealkylation sites (tertiary alicyclic amines) is 2. The number of hydrogen-bond acceptors (Lipinski definition) is 5. The molecule has 0 aromatic rings. The summed E-state index contributed by atoms with van der Waals surface area (Å²) in [5, 5.41) is 2.94. The zero-order valence-electron chi connectivity index (χ0n) is 13.8. The summed E-state index contributed by atoms with van der Waals surface area (Å²) >= 11 is 0. The number of carbonyl (C=O) groups excluding carboxylic acids is 2. The number of alkyl carbamates (subject to hydrolysis) is 1. The fraction of sp³-hybridized carbons (Fsp3) is 0.875. The highest BCUT2D eigenvalue weighted by Crippen LogP contribution is 2.21. The first-order valence-electron chi connectivity index (χ1n) is 8.67. The van der Waals surface area contributed by atoms with Crippen molar-refractivity contribution in [3.63, 3.8) is 0 Å². The van der Waals surface area contributed by atoms with Crippen LogP contribution in [0.4, 0.5) is 4.79 Å². The molecule has 0 bridgehead atoms. The lowest BCUT2D eigenvalue weighted by Crippen LogP contribution is -2.50. The van der Waals surface area contributed by atoms with Crippen LogP contribution >= 0.6 is 0 Å². The van der Waals surface area contributed by atoms with Gasteiger partial charge in [0.1, 0.15) is 6.61 Å². The summed E-state index contributed by atoms with van der Waals surface area (Å²) in [5.41, 5.74) is 0. The first kappa shape index (κ1) is 16.5. The van der Waals surface area contributed by atoms with Crippen molar-refractivity contribution in [3.05, 3.63) is 0 Å². The molecule has 3 heterocycles. The van der Waals surface area contributed by atoms with E-state index < -0.39 is 0 Å². The molecule has 7 heteroatoms. The fourth-order valence-electron chi connectivity index (χ4n) is 3.65. The molecule has 3 fully saturated rings. The van der Waals surface area contributed by atoms with E-state index in [-0.39, 0.29) is 30.2 Å². The van der Waals surface area contributed by atoms with E-state index in [0.717, 1.165) is 58.3 Å². The minimum Gasteiger partial charge on any atom is -0.447 e. The molecule has 23 heavy (non-hydrogen) atoms. The Morgan fingerprint density at radius 2 is 2.04 bits per heavy atom. The summed E-state index contributed by atoms with van der Waals surface area (Å²) in [6.45, 7) is 3.65. The fourth-order valence-corrected chi connectivity index (χ4v) is 3.65. The summed E-state index contributed by atoms with van der Waals surface area (Å²) in [5.74, 6) is 0.229. The van der Waals surface area contributed by atoms with Crippen LogP contribution in [-0.2, 0) is 14.3 Å². The predicted octanol–water partition coefficient (Wildman–Crippen LogP) is 0.587. The number of hydrogen-bond donors (Lipinski definition) is 1. The maximum absolute atomic E-state index is 12.1. The highest BCUT2D eigenvalue weighted by molar-refractivity contribution is 5.83. The first-order valence-corrected chi connectivity index (χ1v) is 8.67. The van der Waals surface area contributed by atoms with Gasteiger partial charge in [-0.3, -0.25) is 9.69 Å². The Morgan fingerprint density at radius 1 is 1.26 bits per heavy atom. The Morgan fingerprint density at radius 3 is 2.65 bits per heavy atom. The van der Waals surface area contributed by atoms with Crippen molar-refractivity contribution >= 4 is 12.0 Å². The maximum atomic E-state index is 12.1. The first-order chi connectivity index (χ1) is 11.1. The van der Waals surface area contributed by atoms with E-state index >= 15 is 0 Å². The van der Waals surface area contributed by atoms with E-state index in [1.165, 1.54) is 0 Å². The molecule has 0 spiro atoms. The van der Waals surface area contributed by atoms with E-state index in [4.69, 9.17) is 9.47 Å². The number of likely N-dealkylation sites (N-methyl/N-ethyl adjacent to an activating group) is 1. The third-order valence-electron chi connectivity index (χ3n) is 5.12. The van der Waals surface area contributed by atoms with Gasteiger partial charge in [0.05, 0.1) is 12.1 Å². The Kier molecular flexibility index (Phi) is 5.38. The molecule has 0 aromatic heterocycles. The highest BCUT2D eigenvalue weighted by Gasteiger charge is 2.35. The predicted molar refractivity (Wildman–Crippen MR) is 84.1 cm³/mol. The lowest BCUT2D eigenvalue weighted by molar-refractivity contribution is -0.131. The van der Waals surface area contributed by atoms with E-state index in [1.54, 1.807) is 4.90 Å². The van der Waals surface area contributed by atoms with Crippen LogP contribution in [0.25, 0.3) is 0 Å². The number of rotatable bonds is 4. The SMILES string of the molecule is CN1CCC(N2CCC(NC(=O)OCC3CCCO3)CC2)C1=O. The third-order valence-corrected chi connectivity index (χ3v) is 5.12. The Labute approximate surface area is 137 Å². The van der Waals surface area contributed by atoms with Gasteiger partial charge in [-0.2, -0.15) is 0 Å². The van der Waals surface area contributed by atoms with E-state index in [9.17, 15) is 9.59 Å². The number of ether oxygens (including phenoxy) is 2. The van der Waals surface area contributed by atoms with Crippen molar-refractivity contribution in [2.24, 2.45) is 0 Å². The lowest BCUT2D eigenvalue weighted by atomic mass is 10.0. The monoisotopic (exact) mass is 325 g/mol. The van der Waals surface area contributed by atoms with Gasteiger partial charge in [0.15, 0.2) is 0 Å². The van der Waals surface area contributed by atoms with Gasteiger partial charge in [-0.25, -0.2) is 4.79 Å². The van der Waals surface area contributed by atoms with Crippen molar-refractivity contribution in [3.8, 4) is 0 Å². The molecule has 7 nitrogen and oxygen atoms in total. The molecule has 2 atom stereocenters. The Hall–Kier alpha value is -1.34. The van der Waals surface area contributed by atoms with Crippen LogP contribution in [0.1, 0.15) is 32.1 Å². The second-order valence-electron chi connectivity index (χ2n) is 6.75. The van der Waals surface area contributed by atoms with Gasteiger partial charge in [0, 0.05) is 39.3 Å². The summed E-state index contributed by atoms with van der Waals surface area (Å²) in [7, 11) is 1.86. The van der Waals surface area contributed by atoms with Crippen molar-refractivity contribution in [2.45, 2.75) is 50.3 Å². The molecule has 130 valence electrons. The molecule has 1 N–H and O–H groups in total. The average Bonchev–Trinajstić information content (AvgIpc) is 3.18. The number of carbonyl (C=O) groups is 2. The van der Waals surface area contributed by atoms with Crippen LogP contribution in [0.15, 0.2) is 0 Å². The van der Waals surface area contributed by atoms with Crippen molar-refractivity contribution in [1.29, 1.82) is 0 Å². The van der Waals surface area contributed by atoms with Gasteiger partial charge in [0.2, 0.25) is 5.91 Å². The maximum Gasteiger partial charge on any atom is 0.407 e. The summed E-state index contributed by atoms with van der Waals surface area (Å²) < 4.78 is 10.7. The number of amides is 2. The quantitative estimate of drug-likeness (QED) is 0.819. The van der Waals surface area contributed by atoms with Crippen molar-refractivity contribution in [1.82, 2.24) is 15.1 Å². The normalized spacial score (nSPS) is 30.0. The van der Waals surface area contributed by atoms with Gasteiger partial charge in [-0.1, -0.05) is 0 Å². The minimum absolute atomic E-state index is 0.0346. The van der Waals surface area contributed by atoms with Crippen LogP contribution in [0.5, 0.6) is 0 Å². The molecule has 3 saturated heterocycles. The highest BCUT2D eigenvalue weighted by atomic mass is 16.6. The van der Waals surface area contributed by atoms with E-state index in [1.807, 2.05) is 7.05 Å². The molecule has 2 amide bonds. The average molecular weight is 325 g/mol. The molecule has 3 aliphatic rings. The number of piperidine rings is 1. The Bertz CT molecular complexity index is 431. The topological polar surface area (TPSA) is 71.1 Å². The second-order valence-corrected chi connectivity index (χ2v) is 6.75. The second kappa shape index (κ2) is 7.49. The van der Waals surface area contributed by atoms with Crippen LogP contribution in [0.3, 0.4) is 0 Å². The minimum atomic E-state index is -0.351. The van der Waals surface area contributed by atoms with Gasteiger partial charge in [-0.15, -0.1) is 0 Å². The zero-order valence-corrected chi connectivity index (χ0v) is 13.8. The smallest absolute Gasteiger partial charge is 0.407 e. The summed E-state index contributed by atoms with van der Waals surface area (Å²) in [6, 6.07) is 0.171. The standard InChI is InChI=1S/C16H27N3O4/c1-18-7-6-14(15(18)20)19-8-4-12(5-9-19)17-16(21)23-11-13-3-2-10-22-13/h12-14H,2-11H2,1H3,(H,17,21). The van der Waals surface area contributed by atoms with Crippen LogP contribution in [0, 0.1) is 0 Å². The lowest BCUT2D eigenvalue weighted by Gasteiger charge is -2.35. The molecular formula is C16H27N3O4. The van der Waals surface area contributed by atoms with Crippen LogP contribution in [-0.4, -0.2) is 79.9 Å². The molecular weight excluding hydrogens is 298 g/mol. The molecule has 3 rings (SSSR count). The van der Waals surface area contributed by atoms with Crippen molar-refractivity contribution < 1.29 is 19.1 Å². The van der Waals surface area contributed by atoms with Gasteiger partial charge < -0.3 is 19.7 Å². The van der Waals surface area contributed by atoms with E-state index in [2.05, 4.69) is 10.2 Å². The summed E-state index contributed by atoms with van der Waals surface area (Å²) in [6.07, 6.45) is 4.37. The van der Waals surface area contributed by atoms with Crippen LogP contribution in [0.2, 0.25) is 0 Å². The summed E-state index contributed by atoms with van der Waals surface area (Å²) in [4.78, 5) is 27.9. The Balaban J connectivity index is 1.35. The van der Waals surface area contributed by atoms with Crippen LogP contribution < -0.4 is 5.32 Å². The number of nitrogens with zero attached hydrogens (tertiary/aromatic N) is 2. The molecule has 0 saturated carbocycles. The van der Waals surface area contributed by atoms with Gasteiger partial charge in [0.25, 0.3) is 0 Å². The van der Waals surface area contributed by atoms with Gasteiger partial charge >= 0.3 is 6.09 Å². The van der Waals surface area contributed by atoms with Crippen molar-refractivity contribution in [2.75, 3.05) is 39.9 Å². The molecule has 2 unspecified atom stereocenters. The largest absolute Gasteiger partial charge is 0.447 e.